The van der Waals surface area contributed by atoms with E-state index >= 15 is 0 Å². The summed E-state index contributed by atoms with van der Waals surface area (Å²) in [5, 5.41) is 3.19. The van der Waals surface area contributed by atoms with Gasteiger partial charge in [-0.15, -0.1) is 23.1 Å². The maximum Gasteiger partial charge on any atom is 0.225 e. The van der Waals surface area contributed by atoms with Crippen molar-refractivity contribution in [3.05, 3.63) is 34.5 Å². The van der Waals surface area contributed by atoms with E-state index in [0.29, 0.717) is 17.5 Å². The highest BCUT2D eigenvalue weighted by molar-refractivity contribution is 8.01. The average Bonchev–Trinajstić information content (AvgIpc) is 3.11. The van der Waals surface area contributed by atoms with Crippen molar-refractivity contribution in [3.8, 4) is 0 Å². The lowest BCUT2D eigenvalue weighted by atomic mass is 9.93. The smallest absolute Gasteiger partial charge is 0.225 e. The Balaban J connectivity index is 1.28. The van der Waals surface area contributed by atoms with Gasteiger partial charge in [-0.25, -0.2) is 15.0 Å². The summed E-state index contributed by atoms with van der Waals surface area (Å²) in [4.78, 5) is 15.3. The maximum atomic E-state index is 6.05. The fraction of sp³-hybridized carbons (Fsp3) is 0.533. The molecule has 2 aromatic rings. The highest BCUT2D eigenvalue weighted by Gasteiger charge is 2.50. The van der Waals surface area contributed by atoms with E-state index in [0.717, 1.165) is 41.9 Å². The molecule has 116 valence electrons. The molecule has 2 saturated heterocycles. The lowest BCUT2D eigenvalue weighted by Gasteiger charge is -2.47. The van der Waals surface area contributed by atoms with E-state index < -0.39 is 0 Å². The number of rotatable bonds is 4. The predicted molar refractivity (Wildman–Crippen MR) is 89.5 cm³/mol. The molecule has 2 aliphatic rings. The minimum Gasteiger partial charge on any atom is -0.371 e. The van der Waals surface area contributed by atoms with Crippen LogP contribution in [0.15, 0.2) is 23.8 Å². The second-order valence-corrected chi connectivity index (χ2v) is 8.44. The normalized spacial score (nSPS) is 23.0. The van der Waals surface area contributed by atoms with Gasteiger partial charge in [-0.1, -0.05) is 0 Å². The van der Waals surface area contributed by atoms with E-state index in [1.807, 2.05) is 24.8 Å². The zero-order valence-corrected chi connectivity index (χ0v) is 14.1. The number of hydrogen-bond donors (Lipinski definition) is 0. The fourth-order valence-electron chi connectivity index (χ4n) is 3.05. The van der Waals surface area contributed by atoms with Crippen LogP contribution in [-0.2, 0) is 11.3 Å². The molecule has 0 radical (unpaired) electrons. The highest BCUT2D eigenvalue weighted by Crippen LogP contribution is 2.46. The van der Waals surface area contributed by atoms with Crippen LogP contribution in [0.1, 0.15) is 17.1 Å². The van der Waals surface area contributed by atoms with Crippen molar-refractivity contribution in [3.63, 3.8) is 0 Å². The third kappa shape index (κ3) is 2.85. The summed E-state index contributed by atoms with van der Waals surface area (Å²) in [7, 11) is 0. The Hall–Kier alpha value is -1.18. The minimum absolute atomic E-state index is 0.335. The Morgan fingerprint density at radius 1 is 1.36 bits per heavy atom. The molecule has 2 aromatic heterocycles. The summed E-state index contributed by atoms with van der Waals surface area (Å²) >= 11 is 3.72. The van der Waals surface area contributed by atoms with Gasteiger partial charge in [0.1, 0.15) is 0 Å². The largest absolute Gasteiger partial charge is 0.371 e. The summed E-state index contributed by atoms with van der Waals surface area (Å²) in [6.07, 6.45) is 5.06. The molecule has 5 nitrogen and oxygen atoms in total. The van der Waals surface area contributed by atoms with E-state index in [-0.39, 0.29) is 0 Å². The molecular formula is C15H18N4OS2. The molecule has 4 heterocycles. The molecule has 1 atom stereocenters. The second-order valence-electron chi connectivity index (χ2n) is 5.89. The Morgan fingerprint density at radius 3 is 2.91 bits per heavy atom. The Labute approximate surface area is 138 Å². The molecule has 1 unspecified atom stereocenters. The van der Waals surface area contributed by atoms with Gasteiger partial charge >= 0.3 is 0 Å². The van der Waals surface area contributed by atoms with Gasteiger partial charge in [0.2, 0.25) is 5.95 Å². The van der Waals surface area contributed by atoms with Gasteiger partial charge in [0.25, 0.3) is 0 Å². The third-order valence-electron chi connectivity index (χ3n) is 4.10. The monoisotopic (exact) mass is 334 g/mol. The van der Waals surface area contributed by atoms with Gasteiger partial charge in [0, 0.05) is 36.6 Å². The number of anilines is 1. The first-order chi connectivity index (χ1) is 10.7. The quantitative estimate of drug-likeness (QED) is 0.856. The van der Waals surface area contributed by atoms with Gasteiger partial charge < -0.3 is 9.64 Å². The SMILES string of the molecule is Cc1nc(COC2CSC3(C2)CN(c2ncccn2)C3)cs1. The molecular weight excluding hydrogens is 316 g/mol. The van der Waals surface area contributed by atoms with E-state index in [1.165, 1.54) is 0 Å². The van der Waals surface area contributed by atoms with Crippen molar-refractivity contribution < 1.29 is 4.74 Å². The van der Waals surface area contributed by atoms with E-state index in [4.69, 9.17) is 4.74 Å². The lowest BCUT2D eigenvalue weighted by molar-refractivity contribution is 0.0461. The van der Waals surface area contributed by atoms with Gasteiger partial charge in [-0.05, 0) is 19.4 Å². The number of ether oxygens (including phenoxy) is 1. The average molecular weight is 334 g/mol. The lowest BCUT2D eigenvalue weighted by Crippen LogP contribution is -2.59. The number of thioether (sulfide) groups is 1. The zero-order chi connectivity index (χ0) is 15.0. The summed E-state index contributed by atoms with van der Waals surface area (Å²) in [5.41, 5.74) is 1.06. The molecule has 4 rings (SSSR count). The van der Waals surface area contributed by atoms with Crippen LogP contribution in [0.3, 0.4) is 0 Å². The molecule has 2 fully saturated rings. The molecule has 1 spiro atoms. The van der Waals surface area contributed by atoms with Crippen molar-refractivity contribution in [2.75, 3.05) is 23.7 Å². The maximum absolute atomic E-state index is 6.05. The fourth-order valence-corrected chi connectivity index (χ4v) is 5.20. The number of aromatic nitrogens is 3. The number of nitrogens with zero attached hydrogens (tertiary/aromatic N) is 4. The van der Waals surface area contributed by atoms with Crippen LogP contribution in [0.5, 0.6) is 0 Å². The van der Waals surface area contributed by atoms with E-state index in [2.05, 4.69) is 25.2 Å². The van der Waals surface area contributed by atoms with Crippen molar-refractivity contribution in [1.82, 2.24) is 15.0 Å². The van der Waals surface area contributed by atoms with Crippen LogP contribution < -0.4 is 4.90 Å². The van der Waals surface area contributed by atoms with Gasteiger partial charge in [0.05, 0.1) is 28.2 Å². The van der Waals surface area contributed by atoms with Crippen LogP contribution in [0.25, 0.3) is 0 Å². The topological polar surface area (TPSA) is 51.1 Å². The van der Waals surface area contributed by atoms with Crippen molar-refractivity contribution in [2.24, 2.45) is 0 Å². The molecule has 7 heteroatoms. The first-order valence-electron chi connectivity index (χ1n) is 7.41. The summed E-state index contributed by atoms with van der Waals surface area (Å²) in [5.74, 6) is 1.92. The van der Waals surface area contributed by atoms with Crippen molar-refractivity contribution >= 4 is 29.0 Å². The van der Waals surface area contributed by atoms with Crippen LogP contribution in [0.4, 0.5) is 5.95 Å². The van der Waals surface area contributed by atoms with E-state index in [1.54, 1.807) is 23.7 Å². The first kappa shape index (κ1) is 14.4. The van der Waals surface area contributed by atoms with Crippen LogP contribution in [-0.4, -0.2) is 44.6 Å². The van der Waals surface area contributed by atoms with Gasteiger partial charge in [-0.3, -0.25) is 0 Å². The van der Waals surface area contributed by atoms with Crippen LogP contribution >= 0.6 is 23.1 Å². The van der Waals surface area contributed by atoms with E-state index in [9.17, 15) is 0 Å². The molecule has 0 amide bonds. The molecule has 22 heavy (non-hydrogen) atoms. The summed E-state index contributed by atoms with van der Waals surface area (Å²) in [6.45, 7) is 4.72. The number of aryl methyl sites for hydroxylation is 1. The Kier molecular flexibility index (Phi) is 3.79. The molecule has 0 saturated carbocycles. The molecule has 0 aromatic carbocycles. The first-order valence-corrected chi connectivity index (χ1v) is 9.28. The third-order valence-corrected chi connectivity index (χ3v) is 6.50. The summed E-state index contributed by atoms with van der Waals surface area (Å²) in [6, 6.07) is 1.85. The minimum atomic E-state index is 0.335. The Morgan fingerprint density at radius 2 is 2.18 bits per heavy atom. The molecule has 0 aliphatic carbocycles. The van der Waals surface area contributed by atoms with Gasteiger partial charge in [-0.2, -0.15) is 0 Å². The Bertz CT molecular complexity index is 642. The second kappa shape index (κ2) is 5.79. The number of thiazole rings is 1. The standard InChI is InChI=1S/C15H18N4OS2/c1-11-18-12(7-21-11)6-20-13-5-15(22-8-13)9-19(10-15)14-16-3-2-4-17-14/h2-4,7,13H,5-6,8-10H2,1H3. The van der Waals surface area contributed by atoms with Crippen molar-refractivity contribution in [1.29, 1.82) is 0 Å². The molecule has 0 N–H and O–H groups in total. The zero-order valence-electron chi connectivity index (χ0n) is 12.4. The van der Waals surface area contributed by atoms with Crippen LogP contribution in [0.2, 0.25) is 0 Å². The van der Waals surface area contributed by atoms with Crippen LogP contribution in [0, 0.1) is 6.92 Å². The predicted octanol–water partition coefficient (Wildman–Crippen LogP) is 2.52. The molecule has 0 bridgehead atoms. The highest BCUT2D eigenvalue weighted by atomic mass is 32.2. The molecule has 2 aliphatic heterocycles. The van der Waals surface area contributed by atoms with Gasteiger partial charge in [0.15, 0.2) is 0 Å². The summed E-state index contributed by atoms with van der Waals surface area (Å²) < 4.78 is 6.38. The van der Waals surface area contributed by atoms with Crippen molar-refractivity contribution in [2.45, 2.75) is 30.8 Å². The number of hydrogen-bond acceptors (Lipinski definition) is 7.